The Hall–Kier alpha value is -1.48. The quantitative estimate of drug-likeness (QED) is 0.728. The Kier molecular flexibility index (Phi) is 3.47. The van der Waals surface area contributed by atoms with Gasteiger partial charge in [0.15, 0.2) is 0 Å². The van der Waals surface area contributed by atoms with Crippen LogP contribution in [0.5, 0.6) is 0 Å². The Labute approximate surface area is 94.4 Å². The Morgan fingerprint density at radius 1 is 1.06 bits per heavy atom. The first kappa shape index (κ1) is 11.0. The SMILES string of the molecule is O=C1CC(=O)CC(OCc2ccccc2)C1. The van der Waals surface area contributed by atoms with Gasteiger partial charge in [0, 0.05) is 12.8 Å². The zero-order chi connectivity index (χ0) is 11.4. The van der Waals surface area contributed by atoms with Gasteiger partial charge >= 0.3 is 0 Å². The molecule has 84 valence electrons. The van der Waals surface area contributed by atoms with Crippen molar-refractivity contribution in [1.82, 2.24) is 0 Å². The summed E-state index contributed by atoms with van der Waals surface area (Å²) >= 11 is 0. The van der Waals surface area contributed by atoms with E-state index in [9.17, 15) is 9.59 Å². The highest BCUT2D eigenvalue weighted by atomic mass is 16.5. The van der Waals surface area contributed by atoms with Gasteiger partial charge in [-0.15, -0.1) is 0 Å². The van der Waals surface area contributed by atoms with E-state index in [-0.39, 0.29) is 24.1 Å². The number of ketones is 2. The highest BCUT2D eigenvalue weighted by Crippen LogP contribution is 2.16. The lowest BCUT2D eigenvalue weighted by Gasteiger charge is -2.20. The van der Waals surface area contributed by atoms with Crippen LogP contribution < -0.4 is 0 Å². The van der Waals surface area contributed by atoms with Gasteiger partial charge in [0.25, 0.3) is 0 Å². The van der Waals surface area contributed by atoms with Crippen LogP contribution in [0.15, 0.2) is 30.3 Å². The maximum absolute atomic E-state index is 11.2. The molecule has 1 aromatic carbocycles. The fourth-order valence-electron chi connectivity index (χ4n) is 1.85. The Morgan fingerprint density at radius 3 is 2.31 bits per heavy atom. The largest absolute Gasteiger partial charge is 0.373 e. The van der Waals surface area contributed by atoms with Crippen LogP contribution in [0, 0.1) is 0 Å². The summed E-state index contributed by atoms with van der Waals surface area (Å²) in [6.07, 6.45) is 0.608. The molecule has 0 spiro atoms. The summed E-state index contributed by atoms with van der Waals surface area (Å²) in [7, 11) is 0. The summed E-state index contributed by atoms with van der Waals surface area (Å²) in [4.78, 5) is 22.4. The van der Waals surface area contributed by atoms with Gasteiger partial charge in [-0.1, -0.05) is 30.3 Å². The Balaban J connectivity index is 1.86. The molecule has 0 atom stereocenters. The third-order valence-electron chi connectivity index (χ3n) is 2.63. The first-order valence-electron chi connectivity index (χ1n) is 5.43. The Morgan fingerprint density at radius 2 is 1.69 bits per heavy atom. The van der Waals surface area contributed by atoms with Crippen molar-refractivity contribution in [2.45, 2.75) is 32.0 Å². The van der Waals surface area contributed by atoms with E-state index >= 15 is 0 Å². The standard InChI is InChI=1S/C13H14O3/c14-11-6-12(15)8-13(7-11)16-9-10-4-2-1-3-5-10/h1-5,13H,6-9H2. The second kappa shape index (κ2) is 5.03. The number of hydrogen-bond acceptors (Lipinski definition) is 3. The third-order valence-corrected chi connectivity index (χ3v) is 2.63. The van der Waals surface area contributed by atoms with Crippen LogP contribution >= 0.6 is 0 Å². The zero-order valence-corrected chi connectivity index (χ0v) is 9.02. The number of Topliss-reactive ketones (excluding diaryl/α,β-unsaturated/α-hetero) is 2. The van der Waals surface area contributed by atoms with Crippen LogP contribution in [0.3, 0.4) is 0 Å². The van der Waals surface area contributed by atoms with E-state index in [4.69, 9.17) is 4.74 Å². The lowest BCUT2D eigenvalue weighted by molar-refractivity contribution is -0.135. The van der Waals surface area contributed by atoms with Crippen molar-refractivity contribution >= 4 is 11.6 Å². The molecule has 0 aromatic heterocycles. The van der Waals surface area contributed by atoms with Crippen LogP contribution in [-0.4, -0.2) is 17.7 Å². The molecule has 1 saturated carbocycles. The molecule has 1 aromatic rings. The van der Waals surface area contributed by atoms with Gasteiger partial charge in [0.2, 0.25) is 0 Å². The molecule has 0 N–H and O–H groups in total. The van der Waals surface area contributed by atoms with Crippen LogP contribution in [-0.2, 0) is 20.9 Å². The van der Waals surface area contributed by atoms with E-state index in [1.165, 1.54) is 0 Å². The first-order valence-corrected chi connectivity index (χ1v) is 5.43. The van der Waals surface area contributed by atoms with Gasteiger partial charge < -0.3 is 4.74 Å². The highest BCUT2D eigenvalue weighted by molar-refractivity contribution is 6.01. The second-order valence-electron chi connectivity index (χ2n) is 4.08. The van der Waals surface area contributed by atoms with Crippen molar-refractivity contribution in [2.24, 2.45) is 0 Å². The summed E-state index contributed by atoms with van der Waals surface area (Å²) in [6, 6.07) is 9.75. The topological polar surface area (TPSA) is 43.4 Å². The minimum atomic E-state index is -0.228. The number of rotatable bonds is 3. The summed E-state index contributed by atoms with van der Waals surface area (Å²) < 4.78 is 5.57. The van der Waals surface area contributed by atoms with Crippen LogP contribution in [0.1, 0.15) is 24.8 Å². The van der Waals surface area contributed by atoms with Crippen molar-refractivity contribution in [3.05, 3.63) is 35.9 Å². The van der Waals surface area contributed by atoms with Crippen LogP contribution in [0.4, 0.5) is 0 Å². The Bertz CT molecular complexity index is 367. The maximum atomic E-state index is 11.2. The minimum Gasteiger partial charge on any atom is -0.373 e. The van der Waals surface area contributed by atoms with Gasteiger partial charge in [-0.3, -0.25) is 9.59 Å². The molecule has 16 heavy (non-hydrogen) atoms. The number of benzene rings is 1. The predicted octanol–water partition coefficient (Wildman–Crippen LogP) is 1.89. The van der Waals surface area contributed by atoms with Gasteiger partial charge in [0.1, 0.15) is 11.6 Å². The molecular weight excluding hydrogens is 204 g/mol. The average molecular weight is 218 g/mol. The van der Waals surface area contributed by atoms with Crippen LogP contribution in [0.2, 0.25) is 0 Å². The van der Waals surface area contributed by atoms with Gasteiger partial charge in [-0.25, -0.2) is 0 Å². The van der Waals surface area contributed by atoms with E-state index in [1.54, 1.807) is 0 Å². The van der Waals surface area contributed by atoms with Crippen LogP contribution in [0.25, 0.3) is 0 Å². The van der Waals surface area contributed by atoms with E-state index in [2.05, 4.69) is 0 Å². The molecular formula is C13H14O3. The summed E-state index contributed by atoms with van der Waals surface area (Å²) in [5.74, 6) is -0.0105. The molecule has 0 unspecified atom stereocenters. The fourth-order valence-corrected chi connectivity index (χ4v) is 1.85. The lowest BCUT2D eigenvalue weighted by Crippen LogP contribution is -2.28. The monoisotopic (exact) mass is 218 g/mol. The molecule has 0 heterocycles. The van der Waals surface area contributed by atoms with E-state index < -0.39 is 0 Å². The molecule has 3 heteroatoms. The molecule has 0 saturated heterocycles. The fraction of sp³-hybridized carbons (Fsp3) is 0.385. The third kappa shape index (κ3) is 3.00. The minimum absolute atomic E-state index is 0.00527. The van der Waals surface area contributed by atoms with Crippen molar-refractivity contribution in [3.8, 4) is 0 Å². The molecule has 3 nitrogen and oxygen atoms in total. The number of carbonyl (C=O) groups excluding carboxylic acids is 2. The molecule has 1 aliphatic rings. The molecule has 0 aliphatic heterocycles. The van der Waals surface area contributed by atoms with Gasteiger partial charge in [0.05, 0.1) is 19.1 Å². The second-order valence-corrected chi connectivity index (χ2v) is 4.08. The molecule has 0 radical (unpaired) electrons. The smallest absolute Gasteiger partial charge is 0.142 e. The molecule has 0 bridgehead atoms. The van der Waals surface area contributed by atoms with Crippen molar-refractivity contribution in [3.63, 3.8) is 0 Å². The normalized spacial score (nSPS) is 17.8. The van der Waals surface area contributed by atoms with E-state index in [1.807, 2.05) is 30.3 Å². The number of ether oxygens (including phenoxy) is 1. The lowest BCUT2D eigenvalue weighted by atomic mass is 9.95. The molecule has 1 fully saturated rings. The molecule has 0 amide bonds. The van der Waals surface area contributed by atoms with Gasteiger partial charge in [-0.2, -0.15) is 0 Å². The van der Waals surface area contributed by atoms with E-state index in [0.29, 0.717) is 19.4 Å². The summed E-state index contributed by atoms with van der Waals surface area (Å²) in [6.45, 7) is 0.464. The molecule has 1 aliphatic carbocycles. The highest BCUT2D eigenvalue weighted by Gasteiger charge is 2.25. The summed E-state index contributed by atoms with van der Waals surface area (Å²) in [5, 5.41) is 0. The predicted molar refractivity (Wildman–Crippen MR) is 58.9 cm³/mol. The molecule has 2 rings (SSSR count). The van der Waals surface area contributed by atoms with E-state index in [0.717, 1.165) is 5.56 Å². The van der Waals surface area contributed by atoms with Gasteiger partial charge in [-0.05, 0) is 5.56 Å². The van der Waals surface area contributed by atoms with Crippen molar-refractivity contribution < 1.29 is 14.3 Å². The first-order chi connectivity index (χ1) is 7.74. The average Bonchev–Trinajstić information content (AvgIpc) is 2.27. The van der Waals surface area contributed by atoms with Crippen molar-refractivity contribution in [1.29, 1.82) is 0 Å². The number of hydrogen-bond donors (Lipinski definition) is 0. The number of carbonyl (C=O) groups is 2. The van der Waals surface area contributed by atoms with Crippen molar-refractivity contribution in [2.75, 3.05) is 0 Å². The summed E-state index contributed by atoms with van der Waals surface area (Å²) in [5.41, 5.74) is 1.06. The maximum Gasteiger partial charge on any atom is 0.142 e. The zero-order valence-electron chi connectivity index (χ0n) is 9.02.